The smallest absolute Gasteiger partial charge is 0.380 e. The summed E-state index contributed by atoms with van der Waals surface area (Å²) >= 11 is 7.29. The first kappa shape index (κ1) is 18.5. The highest BCUT2D eigenvalue weighted by atomic mass is 35.5. The predicted molar refractivity (Wildman–Crippen MR) is 98.8 cm³/mol. The summed E-state index contributed by atoms with van der Waals surface area (Å²) in [6.45, 7) is 4.54. The van der Waals surface area contributed by atoms with Crippen LogP contribution < -0.4 is 5.32 Å². The summed E-state index contributed by atoms with van der Waals surface area (Å²) in [4.78, 5) is 1.48. The molecule has 1 N–H and O–H groups in total. The van der Waals surface area contributed by atoms with Gasteiger partial charge in [0.05, 0.1) is 9.75 Å². The zero-order valence-corrected chi connectivity index (χ0v) is 15.3. The molecule has 3 aromatic rings. The van der Waals surface area contributed by atoms with Crippen molar-refractivity contribution in [3.63, 3.8) is 0 Å². The van der Waals surface area contributed by atoms with Gasteiger partial charge in [-0.15, -0.1) is 11.3 Å². The molecule has 2 aromatic heterocycles. The number of nitrogens with zero attached hydrogens (tertiary/aromatic N) is 2. The fraction of sp³-hybridized carbons (Fsp3) is 0.167. The molecule has 0 amide bonds. The van der Waals surface area contributed by atoms with E-state index in [9.17, 15) is 13.2 Å². The molecule has 0 fully saturated rings. The number of rotatable bonds is 5. The van der Waals surface area contributed by atoms with Gasteiger partial charge in [-0.3, -0.25) is 4.68 Å². The number of benzene rings is 1. The summed E-state index contributed by atoms with van der Waals surface area (Å²) in [5.41, 5.74) is 1.21. The first-order chi connectivity index (χ1) is 12.2. The quantitative estimate of drug-likeness (QED) is 0.609. The van der Waals surface area contributed by atoms with Gasteiger partial charge in [0.25, 0.3) is 0 Å². The third-order valence-corrected chi connectivity index (χ3v) is 5.12. The minimum absolute atomic E-state index is 0.290. The molecule has 2 heterocycles. The van der Waals surface area contributed by atoms with Crippen molar-refractivity contribution >= 4 is 28.6 Å². The van der Waals surface area contributed by atoms with E-state index in [1.165, 1.54) is 18.4 Å². The third-order valence-electron chi connectivity index (χ3n) is 3.72. The summed E-state index contributed by atoms with van der Waals surface area (Å²) in [7, 11) is 1.28. The molecule has 0 atom stereocenters. The topological polar surface area (TPSA) is 29.9 Å². The Hall–Kier alpha value is -2.25. The van der Waals surface area contributed by atoms with Gasteiger partial charge >= 0.3 is 6.18 Å². The fourth-order valence-electron chi connectivity index (χ4n) is 2.43. The minimum Gasteiger partial charge on any atom is -0.380 e. The molecule has 3 nitrogen and oxygen atoms in total. The summed E-state index contributed by atoms with van der Waals surface area (Å²) in [5.74, 6) is 0. The van der Waals surface area contributed by atoms with Crippen molar-refractivity contribution in [2.45, 2.75) is 12.7 Å². The second-order valence-corrected chi connectivity index (χ2v) is 7.18. The molecule has 1 aromatic carbocycles. The van der Waals surface area contributed by atoms with Crippen LogP contribution in [0.3, 0.4) is 0 Å². The lowest BCUT2D eigenvalue weighted by Crippen LogP contribution is -2.11. The van der Waals surface area contributed by atoms with Gasteiger partial charge in [-0.05, 0) is 35.9 Å². The van der Waals surface area contributed by atoms with Crippen molar-refractivity contribution in [1.82, 2.24) is 15.1 Å². The Labute approximate surface area is 157 Å². The van der Waals surface area contributed by atoms with Crippen LogP contribution >= 0.6 is 22.9 Å². The number of nitrogens with one attached hydrogen (secondary N) is 1. The van der Waals surface area contributed by atoms with Crippen molar-refractivity contribution in [3.05, 3.63) is 70.2 Å². The van der Waals surface area contributed by atoms with Crippen LogP contribution in [0.15, 0.2) is 49.0 Å². The third kappa shape index (κ3) is 4.11. The maximum absolute atomic E-state index is 12.9. The Kier molecular flexibility index (Phi) is 5.11. The first-order valence-corrected chi connectivity index (χ1v) is 8.82. The lowest BCUT2D eigenvalue weighted by Gasteiger charge is -2.08. The molecule has 0 aliphatic heterocycles. The lowest BCUT2D eigenvalue weighted by molar-refractivity contribution is -0.143. The predicted octanol–water partition coefficient (Wildman–Crippen LogP) is 5.58. The largest absolute Gasteiger partial charge is 0.433 e. The molecule has 0 unspecified atom stereocenters. The van der Waals surface area contributed by atoms with Gasteiger partial charge in [0, 0.05) is 24.3 Å². The van der Waals surface area contributed by atoms with E-state index < -0.39 is 11.9 Å². The number of aromatic nitrogens is 2. The van der Waals surface area contributed by atoms with Crippen molar-refractivity contribution in [1.29, 1.82) is 0 Å². The van der Waals surface area contributed by atoms with E-state index in [4.69, 9.17) is 11.6 Å². The van der Waals surface area contributed by atoms with E-state index in [1.807, 2.05) is 24.3 Å². The van der Waals surface area contributed by atoms with E-state index in [0.29, 0.717) is 27.8 Å². The van der Waals surface area contributed by atoms with Crippen LogP contribution in [0, 0.1) is 0 Å². The van der Waals surface area contributed by atoms with Gasteiger partial charge in [0.15, 0.2) is 0 Å². The summed E-state index contributed by atoms with van der Waals surface area (Å²) in [6.07, 6.45) is -4.43. The van der Waals surface area contributed by atoms with Crippen molar-refractivity contribution < 1.29 is 13.2 Å². The van der Waals surface area contributed by atoms with Gasteiger partial charge in [-0.1, -0.05) is 30.3 Å². The van der Waals surface area contributed by atoms with E-state index in [2.05, 4.69) is 17.0 Å². The van der Waals surface area contributed by atoms with Crippen molar-refractivity contribution in [3.8, 4) is 10.6 Å². The average molecular weight is 398 g/mol. The zero-order chi connectivity index (χ0) is 18.9. The molecular weight excluding hydrogens is 383 g/mol. The molecule has 26 heavy (non-hydrogen) atoms. The standard InChI is InChI=1S/C18H15ClF3N3S/c1-11(23-10-12-4-3-5-13(19)8-12)15-6-7-16(26-15)14-9-17(18(20,21)22)25(2)24-14/h3-9,23H,1,10H2,2H3. The van der Waals surface area contributed by atoms with Gasteiger partial charge in [0.1, 0.15) is 11.4 Å². The van der Waals surface area contributed by atoms with Crippen LogP contribution in [0.5, 0.6) is 0 Å². The Morgan fingerprint density at radius 2 is 2.04 bits per heavy atom. The Balaban J connectivity index is 1.72. The van der Waals surface area contributed by atoms with Gasteiger partial charge in [-0.25, -0.2) is 0 Å². The highest BCUT2D eigenvalue weighted by molar-refractivity contribution is 7.16. The Morgan fingerprint density at radius 3 is 2.69 bits per heavy atom. The number of alkyl halides is 3. The number of aryl methyl sites for hydroxylation is 1. The van der Waals surface area contributed by atoms with E-state index in [0.717, 1.165) is 21.2 Å². The van der Waals surface area contributed by atoms with Crippen LogP contribution in [-0.2, 0) is 19.8 Å². The average Bonchev–Trinajstić information content (AvgIpc) is 3.19. The first-order valence-electron chi connectivity index (χ1n) is 7.63. The fourth-order valence-corrected chi connectivity index (χ4v) is 3.56. The number of hydrogen-bond donors (Lipinski definition) is 1. The monoisotopic (exact) mass is 397 g/mol. The number of hydrogen-bond acceptors (Lipinski definition) is 3. The van der Waals surface area contributed by atoms with E-state index in [1.54, 1.807) is 12.1 Å². The summed E-state index contributed by atoms with van der Waals surface area (Å²) in [5, 5.41) is 7.82. The van der Waals surface area contributed by atoms with E-state index >= 15 is 0 Å². The van der Waals surface area contributed by atoms with Gasteiger partial charge < -0.3 is 5.32 Å². The van der Waals surface area contributed by atoms with Crippen LogP contribution in [0.1, 0.15) is 16.1 Å². The SMILES string of the molecule is C=C(NCc1cccc(Cl)c1)c1ccc(-c2cc(C(F)(F)F)n(C)n2)s1. The molecule has 0 aliphatic carbocycles. The normalized spacial score (nSPS) is 11.6. The maximum atomic E-state index is 12.9. The van der Waals surface area contributed by atoms with Crippen molar-refractivity contribution in [2.24, 2.45) is 7.05 Å². The Morgan fingerprint density at radius 1 is 1.27 bits per heavy atom. The molecule has 0 radical (unpaired) electrons. The van der Waals surface area contributed by atoms with E-state index in [-0.39, 0.29) is 0 Å². The zero-order valence-electron chi connectivity index (χ0n) is 13.8. The lowest BCUT2D eigenvalue weighted by atomic mass is 10.2. The molecule has 3 rings (SSSR count). The molecule has 0 saturated carbocycles. The molecule has 0 saturated heterocycles. The highest BCUT2D eigenvalue weighted by Crippen LogP contribution is 2.35. The molecule has 0 bridgehead atoms. The van der Waals surface area contributed by atoms with Gasteiger partial charge in [-0.2, -0.15) is 18.3 Å². The molecule has 0 spiro atoms. The van der Waals surface area contributed by atoms with Crippen molar-refractivity contribution in [2.75, 3.05) is 0 Å². The summed E-state index contributed by atoms with van der Waals surface area (Å²) in [6, 6.07) is 12.1. The number of thiophene rings is 1. The second kappa shape index (κ2) is 7.17. The molecular formula is C18H15ClF3N3S. The molecule has 0 aliphatic rings. The second-order valence-electron chi connectivity index (χ2n) is 5.66. The molecule has 136 valence electrons. The summed E-state index contributed by atoms with van der Waals surface area (Å²) < 4.78 is 39.6. The van der Waals surface area contributed by atoms with Crippen LogP contribution in [-0.4, -0.2) is 9.78 Å². The van der Waals surface area contributed by atoms with Crippen LogP contribution in [0.4, 0.5) is 13.2 Å². The highest BCUT2D eigenvalue weighted by Gasteiger charge is 2.35. The van der Waals surface area contributed by atoms with Gasteiger partial charge in [0.2, 0.25) is 0 Å². The number of halogens is 4. The Bertz CT molecular complexity index is 943. The minimum atomic E-state index is -4.43. The van der Waals surface area contributed by atoms with Crippen LogP contribution in [0.25, 0.3) is 16.3 Å². The molecule has 8 heteroatoms. The van der Waals surface area contributed by atoms with Crippen LogP contribution in [0.2, 0.25) is 5.02 Å². The maximum Gasteiger partial charge on any atom is 0.433 e.